The van der Waals surface area contributed by atoms with Gasteiger partial charge >= 0.3 is 0 Å². The summed E-state index contributed by atoms with van der Waals surface area (Å²) >= 11 is 3.84. The predicted octanol–water partition coefficient (Wildman–Crippen LogP) is 2.02. The fourth-order valence-electron chi connectivity index (χ4n) is 0.893. The summed E-state index contributed by atoms with van der Waals surface area (Å²) in [6.45, 7) is 0. The van der Waals surface area contributed by atoms with Gasteiger partial charge < -0.3 is 0 Å². The Morgan fingerprint density at radius 3 is 2.79 bits per heavy atom. The van der Waals surface area contributed by atoms with Crippen LogP contribution in [0.4, 0.5) is 10.1 Å². The molecule has 3 nitrogen and oxygen atoms in total. The number of hydrogen-bond acceptors (Lipinski definition) is 3. The SMILES string of the molecule is O=[N+]([O-])c1cc(F)cc(C#CCS)c1. The minimum absolute atomic E-state index is 0.283. The molecule has 0 heterocycles. The Morgan fingerprint density at radius 1 is 1.50 bits per heavy atom. The molecule has 0 aliphatic heterocycles. The Kier molecular flexibility index (Phi) is 3.48. The zero-order chi connectivity index (χ0) is 10.6. The van der Waals surface area contributed by atoms with E-state index in [0.717, 1.165) is 12.1 Å². The Balaban J connectivity index is 3.13. The van der Waals surface area contributed by atoms with Crippen molar-refractivity contribution in [3.05, 3.63) is 39.7 Å². The molecule has 14 heavy (non-hydrogen) atoms. The molecule has 0 aliphatic rings. The average Bonchev–Trinajstić information content (AvgIpc) is 2.14. The Labute approximate surface area is 85.5 Å². The van der Waals surface area contributed by atoms with Crippen molar-refractivity contribution in [2.45, 2.75) is 0 Å². The molecule has 0 N–H and O–H groups in total. The van der Waals surface area contributed by atoms with Gasteiger partial charge in [0.05, 0.1) is 16.7 Å². The number of nitro benzene ring substituents is 1. The third kappa shape index (κ3) is 2.75. The minimum Gasteiger partial charge on any atom is -0.258 e. The van der Waals surface area contributed by atoms with E-state index in [4.69, 9.17) is 0 Å². The first-order chi connectivity index (χ1) is 6.63. The standard InChI is InChI=1S/C9H6FNO2S/c10-8-4-7(2-1-3-14)5-9(6-8)11(12)13/h4-6,14H,3H2. The maximum atomic E-state index is 12.8. The molecule has 0 spiro atoms. The number of thiol groups is 1. The first-order valence-electron chi connectivity index (χ1n) is 3.68. The van der Waals surface area contributed by atoms with Crippen LogP contribution in [0.15, 0.2) is 18.2 Å². The summed E-state index contributed by atoms with van der Waals surface area (Å²) < 4.78 is 12.8. The number of nitro groups is 1. The zero-order valence-electron chi connectivity index (χ0n) is 7.03. The third-order valence-electron chi connectivity index (χ3n) is 1.41. The van der Waals surface area contributed by atoms with Crippen LogP contribution in [0, 0.1) is 27.8 Å². The summed E-state index contributed by atoms with van der Waals surface area (Å²) in [5, 5.41) is 10.4. The maximum absolute atomic E-state index is 12.8. The molecule has 0 amide bonds. The smallest absolute Gasteiger partial charge is 0.258 e. The Morgan fingerprint density at radius 2 is 2.21 bits per heavy atom. The lowest BCUT2D eigenvalue weighted by atomic mass is 10.2. The molecule has 1 aromatic carbocycles. The minimum atomic E-state index is -0.664. The van der Waals surface area contributed by atoms with Gasteiger partial charge in [-0.15, -0.1) is 0 Å². The fraction of sp³-hybridized carbons (Fsp3) is 0.111. The molecule has 0 aliphatic carbocycles. The van der Waals surface area contributed by atoms with Crippen LogP contribution in [0.2, 0.25) is 0 Å². The number of nitrogens with zero attached hydrogens (tertiary/aromatic N) is 1. The molecule has 72 valence electrons. The Bertz CT molecular complexity index is 423. The number of non-ortho nitro benzene ring substituents is 1. The van der Waals surface area contributed by atoms with E-state index in [1.165, 1.54) is 6.07 Å². The topological polar surface area (TPSA) is 43.1 Å². The van der Waals surface area contributed by atoms with Crippen molar-refractivity contribution in [2.75, 3.05) is 5.75 Å². The molecular formula is C9H6FNO2S. The second-order valence-corrected chi connectivity index (χ2v) is 2.73. The molecule has 0 saturated carbocycles. The lowest BCUT2D eigenvalue weighted by Gasteiger charge is -1.93. The van der Waals surface area contributed by atoms with Crippen LogP contribution in [0.3, 0.4) is 0 Å². The van der Waals surface area contributed by atoms with Crippen LogP contribution in [0.1, 0.15) is 5.56 Å². The van der Waals surface area contributed by atoms with Crippen LogP contribution in [0.25, 0.3) is 0 Å². The molecule has 5 heteroatoms. The second-order valence-electron chi connectivity index (χ2n) is 2.42. The predicted molar refractivity (Wildman–Crippen MR) is 53.8 cm³/mol. The van der Waals surface area contributed by atoms with Crippen molar-refractivity contribution in [3.63, 3.8) is 0 Å². The van der Waals surface area contributed by atoms with Gasteiger partial charge in [0.2, 0.25) is 0 Å². The summed E-state index contributed by atoms with van der Waals surface area (Å²) in [6.07, 6.45) is 0. The van der Waals surface area contributed by atoms with Crippen molar-refractivity contribution in [1.29, 1.82) is 0 Å². The van der Waals surface area contributed by atoms with E-state index >= 15 is 0 Å². The summed E-state index contributed by atoms with van der Waals surface area (Å²) in [5.74, 6) is 4.80. The van der Waals surface area contributed by atoms with Crippen LogP contribution < -0.4 is 0 Å². The van der Waals surface area contributed by atoms with Crippen LogP contribution >= 0.6 is 12.6 Å². The summed E-state index contributed by atoms with van der Waals surface area (Å²) in [4.78, 5) is 9.70. The van der Waals surface area contributed by atoms with Gasteiger partial charge in [0.25, 0.3) is 5.69 Å². The average molecular weight is 211 g/mol. The summed E-state index contributed by atoms with van der Waals surface area (Å²) in [6, 6.07) is 3.22. The molecular weight excluding hydrogens is 205 g/mol. The second kappa shape index (κ2) is 4.63. The maximum Gasteiger partial charge on any atom is 0.273 e. The fourth-order valence-corrected chi connectivity index (χ4v) is 0.972. The molecule has 0 bridgehead atoms. The van der Waals surface area contributed by atoms with Gasteiger partial charge in [-0.05, 0) is 6.07 Å². The van der Waals surface area contributed by atoms with Crippen molar-refractivity contribution >= 4 is 18.3 Å². The van der Waals surface area contributed by atoms with Crippen LogP contribution in [0.5, 0.6) is 0 Å². The number of benzene rings is 1. The van der Waals surface area contributed by atoms with Crippen molar-refractivity contribution in [3.8, 4) is 11.8 Å². The molecule has 1 aromatic rings. The van der Waals surface area contributed by atoms with E-state index < -0.39 is 10.7 Å². The molecule has 1 rings (SSSR count). The highest BCUT2D eigenvalue weighted by Gasteiger charge is 2.08. The van der Waals surface area contributed by atoms with E-state index in [1.54, 1.807) is 0 Å². The van der Waals surface area contributed by atoms with Gasteiger partial charge in [-0.3, -0.25) is 10.1 Å². The first kappa shape index (κ1) is 10.5. The molecule has 0 saturated heterocycles. The van der Waals surface area contributed by atoms with E-state index in [0.29, 0.717) is 5.75 Å². The quantitative estimate of drug-likeness (QED) is 0.334. The highest BCUT2D eigenvalue weighted by Crippen LogP contribution is 2.15. The largest absolute Gasteiger partial charge is 0.273 e. The van der Waals surface area contributed by atoms with Crippen molar-refractivity contribution in [2.24, 2.45) is 0 Å². The molecule has 0 radical (unpaired) electrons. The summed E-state index contributed by atoms with van der Waals surface area (Å²) in [5.41, 5.74) is -0.0146. The van der Waals surface area contributed by atoms with Crippen LogP contribution in [-0.2, 0) is 0 Å². The monoisotopic (exact) mass is 211 g/mol. The molecule has 0 fully saturated rings. The number of halogens is 1. The van der Waals surface area contributed by atoms with E-state index in [1.807, 2.05) is 0 Å². The van der Waals surface area contributed by atoms with Crippen LogP contribution in [-0.4, -0.2) is 10.7 Å². The van der Waals surface area contributed by atoms with Gasteiger partial charge in [0.1, 0.15) is 5.82 Å². The number of rotatable bonds is 1. The molecule has 0 aromatic heterocycles. The van der Waals surface area contributed by atoms with E-state index in [-0.39, 0.29) is 11.3 Å². The van der Waals surface area contributed by atoms with Gasteiger partial charge in [-0.2, -0.15) is 12.6 Å². The van der Waals surface area contributed by atoms with Crippen molar-refractivity contribution < 1.29 is 9.31 Å². The highest BCUT2D eigenvalue weighted by atomic mass is 32.1. The van der Waals surface area contributed by atoms with Gasteiger partial charge in [-0.25, -0.2) is 4.39 Å². The summed E-state index contributed by atoms with van der Waals surface area (Å²) in [7, 11) is 0. The zero-order valence-corrected chi connectivity index (χ0v) is 7.92. The highest BCUT2D eigenvalue weighted by molar-refractivity contribution is 7.80. The third-order valence-corrected chi connectivity index (χ3v) is 1.56. The van der Waals surface area contributed by atoms with Gasteiger partial charge in [-0.1, -0.05) is 11.8 Å². The normalized spacial score (nSPS) is 9.00. The first-order valence-corrected chi connectivity index (χ1v) is 4.31. The van der Waals surface area contributed by atoms with Gasteiger partial charge in [0.15, 0.2) is 0 Å². The molecule has 0 atom stereocenters. The lowest BCUT2D eigenvalue weighted by Crippen LogP contribution is -1.90. The van der Waals surface area contributed by atoms with Gasteiger partial charge in [0, 0.05) is 11.6 Å². The molecule has 0 unspecified atom stereocenters. The number of hydrogen-bond donors (Lipinski definition) is 1. The Hall–Kier alpha value is -1.54. The van der Waals surface area contributed by atoms with Crippen molar-refractivity contribution in [1.82, 2.24) is 0 Å². The van der Waals surface area contributed by atoms with E-state index in [9.17, 15) is 14.5 Å². The van der Waals surface area contributed by atoms with E-state index in [2.05, 4.69) is 24.5 Å². The lowest BCUT2D eigenvalue weighted by molar-refractivity contribution is -0.385.